The molecule has 1 heterocycles. The topological polar surface area (TPSA) is 70.7 Å². The predicted octanol–water partition coefficient (Wildman–Crippen LogP) is 3.12. The van der Waals surface area contributed by atoms with Gasteiger partial charge in [0.25, 0.3) is 5.56 Å². The fourth-order valence-electron chi connectivity index (χ4n) is 2.32. The fourth-order valence-corrected chi connectivity index (χ4v) is 2.32. The lowest BCUT2D eigenvalue weighted by Crippen LogP contribution is -2.19. The van der Waals surface area contributed by atoms with Gasteiger partial charge in [0, 0.05) is 12.1 Å². The van der Waals surface area contributed by atoms with Gasteiger partial charge < -0.3 is 5.32 Å². The average Bonchev–Trinajstić information content (AvgIpc) is 2.54. The minimum absolute atomic E-state index is 0.225. The summed E-state index contributed by atoms with van der Waals surface area (Å²) >= 11 is 0. The van der Waals surface area contributed by atoms with Crippen LogP contribution in [-0.4, -0.2) is 15.2 Å². The highest BCUT2D eigenvalue weighted by atomic mass is 16.1. The minimum Gasteiger partial charge on any atom is -0.324 e. The van der Waals surface area contributed by atoms with Gasteiger partial charge >= 0.3 is 0 Å². The molecule has 0 unspecified atom stereocenters. The van der Waals surface area contributed by atoms with E-state index in [-0.39, 0.29) is 5.56 Å². The first-order valence-electron chi connectivity index (χ1n) is 7.46. The van der Waals surface area contributed by atoms with Crippen LogP contribution in [0.3, 0.4) is 0 Å². The van der Waals surface area contributed by atoms with Gasteiger partial charge in [0.1, 0.15) is 5.69 Å². The molecular weight excluding hydrogens is 288 g/mol. The Kier molecular flexibility index (Phi) is 4.19. The maximum Gasteiger partial charge on any atom is 0.274 e. The number of H-pyrrole nitrogens is 1. The Bertz CT molecular complexity index is 872. The van der Waals surface area contributed by atoms with Crippen LogP contribution in [0.15, 0.2) is 53.3 Å². The molecule has 0 aliphatic carbocycles. The van der Waals surface area contributed by atoms with Gasteiger partial charge in [0.05, 0.1) is 0 Å². The number of aromatic nitrogens is 3. The van der Waals surface area contributed by atoms with Gasteiger partial charge in [-0.2, -0.15) is 0 Å². The van der Waals surface area contributed by atoms with Crippen LogP contribution in [0, 0.1) is 13.8 Å². The molecule has 23 heavy (non-hydrogen) atoms. The molecule has 0 bridgehead atoms. The lowest BCUT2D eigenvalue weighted by molar-refractivity contribution is 0.873. The number of benzene rings is 2. The number of nitrogens with one attached hydrogen (secondary N) is 2. The lowest BCUT2D eigenvalue weighted by Gasteiger charge is -2.09. The van der Waals surface area contributed by atoms with Gasteiger partial charge in [-0.1, -0.05) is 42.5 Å². The van der Waals surface area contributed by atoms with E-state index in [9.17, 15) is 4.79 Å². The summed E-state index contributed by atoms with van der Waals surface area (Å²) in [5.74, 6) is 0.348. The van der Waals surface area contributed by atoms with Crippen molar-refractivity contribution in [2.45, 2.75) is 20.3 Å². The number of aryl methyl sites for hydroxylation is 2. The number of hydrogen-bond acceptors (Lipinski definition) is 4. The van der Waals surface area contributed by atoms with Crippen LogP contribution in [0.5, 0.6) is 0 Å². The van der Waals surface area contributed by atoms with E-state index >= 15 is 0 Å². The molecule has 0 fully saturated rings. The van der Waals surface area contributed by atoms with E-state index in [0.717, 1.165) is 22.4 Å². The molecule has 0 radical (unpaired) electrons. The molecule has 0 amide bonds. The first-order valence-corrected chi connectivity index (χ1v) is 7.46. The van der Waals surface area contributed by atoms with Crippen molar-refractivity contribution in [1.29, 1.82) is 0 Å². The summed E-state index contributed by atoms with van der Waals surface area (Å²) in [5.41, 5.74) is 4.33. The lowest BCUT2D eigenvalue weighted by atomic mass is 10.1. The van der Waals surface area contributed by atoms with Crippen molar-refractivity contribution in [1.82, 2.24) is 15.2 Å². The van der Waals surface area contributed by atoms with Crippen LogP contribution in [0.4, 0.5) is 11.6 Å². The van der Waals surface area contributed by atoms with Crippen molar-refractivity contribution in [3.05, 3.63) is 81.3 Å². The van der Waals surface area contributed by atoms with Crippen LogP contribution in [0.25, 0.3) is 0 Å². The zero-order valence-corrected chi connectivity index (χ0v) is 13.1. The Labute approximate surface area is 134 Å². The molecule has 2 N–H and O–H groups in total. The standard InChI is InChI=1S/C18H18N4O/c1-12-8-9-13(2)15(10-12)19-18-20-17(23)16(21-22-18)11-14-6-4-3-5-7-14/h3-10H,11H2,1-2H3,(H2,19,20,22,23). The SMILES string of the molecule is Cc1ccc(C)c(Nc2nnc(Cc3ccccc3)c(=O)[nH]2)c1. The van der Waals surface area contributed by atoms with E-state index in [2.05, 4.69) is 20.5 Å². The van der Waals surface area contributed by atoms with Gasteiger partial charge in [-0.15, -0.1) is 10.2 Å². The molecule has 2 aromatic carbocycles. The summed E-state index contributed by atoms with van der Waals surface area (Å²) in [7, 11) is 0. The molecule has 0 aliphatic heterocycles. The number of anilines is 2. The Hall–Kier alpha value is -2.95. The maximum absolute atomic E-state index is 12.2. The first-order chi connectivity index (χ1) is 11.1. The molecule has 0 aliphatic rings. The van der Waals surface area contributed by atoms with Crippen LogP contribution in [0.1, 0.15) is 22.4 Å². The number of rotatable bonds is 4. The molecule has 0 spiro atoms. The summed E-state index contributed by atoms with van der Waals surface area (Å²) in [6.07, 6.45) is 0.465. The Morgan fingerprint density at radius 1 is 1.04 bits per heavy atom. The van der Waals surface area contributed by atoms with Crippen molar-refractivity contribution < 1.29 is 0 Å². The third kappa shape index (κ3) is 3.63. The molecular formula is C18H18N4O. The van der Waals surface area contributed by atoms with Gasteiger partial charge in [0.2, 0.25) is 5.95 Å². The summed E-state index contributed by atoms with van der Waals surface area (Å²) in [6, 6.07) is 15.8. The molecule has 1 aromatic heterocycles. The third-order valence-electron chi connectivity index (χ3n) is 3.63. The fraction of sp³-hybridized carbons (Fsp3) is 0.167. The Balaban J connectivity index is 1.82. The van der Waals surface area contributed by atoms with Gasteiger partial charge in [-0.05, 0) is 36.6 Å². The van der Waals surface area contributed by atoms with E-state index in [1.54, 1.807) is 0 Å². The smallest absolute Gasteiger partial charge is 0.274 e. The Morgan fingerprint density at radius 3 is 2.57 bits per heavy atom. The highest BCUT2D eigenvalue weighted by Gasteiger charge is 2.07. The second-order valence-electron chi connectivity index (χ2n) is 5.56. The number of hydrogen-bond donors (Lipinski definition) is 2. The zero-order chi connectivity index (χ0) is 16.2. The summed E-state index contributed by atoms with van der Waals surface area (Å²) in [6.45, 7) is 4.01. The normalized spacial score (nSPS) is 10.5. The maximum atomic E-state index is 12.2. The van der Waals surface area contributed by atoms with Crippen LogP contribution >= 0.6 is 0 Å². The first kappa shape index (κ1) is 15.0. The van der Waals surface area contributed by atoms with Crippen molar-refractivity contribution >= 4 is 11.6 Å². The zero-order valence-electron chi connectivity index (χ0n) is 13.1. The molecule has 5 heteroatoms. The van der Waals surface area contributed by atoms with E-state index in [1.807, 2.05) is 62.4 Å². The minimum atomic E-state index is -0.225. The van der Waals surface area contributed by atoms with Gasteiger partial charge in [-0.25, -0.2) is 0 Å². The molecule has 0 saturated carbocycles. The molecule has 116 valence electrons. The predicted molar refractivity (Wildman–Crippen MR) is 91.1 cm³/mol. The van der Waals surface area contributed by atoms with Crippen molar-refractivity contribution in [2.75, 3.05) is 5.32 Å². The summed E-state index contributed by atoms with van der Waals surface area (Å²) in [4.78, 5) is 14.9. The van der Waals surface area contributed by atoms with Crippen molar-refractivity contribution in [3.8, 4) is 0 Å². The largest absolute Gasteiger partial charge is 0.324 e. The highest BCUT2D eigenvalue weighted by molar-refractivity contribution is 5.58. The molecule has 0 saturated heterocycles. The van der Waals surface area contributed by atoms with Crippen LogP contribution in [0.2, 0.25) is 0 Å². The number of nitrogens with zero attached hydrogens (tertiary/aromatic N) is 2. The molecule has 5 nitrogen and oxygen atoms in total. The average molecular weight is 306 g/mol. The summed E-state index contributed by atoms with van der Waals surface area (Å²) < 4.78 is 0. The monoisotopic (exact) mass is 306 g/mol. The van der Waals surface area contributed by atoms with Gasteiger partial charge in [0.15, 0.2) is 0 Å². The molecule has 0 atom stereocenters. The Morgan fingerprint density at radius 2 is 1.83 bits per heavy atom. The quantitative estimate of drug-likeness (QED) is 0.777. The molecule has 3 aromatic rings. The van der Waals surface area contributed by atoms with Crippen LogP contribution < -0.4 is 10.9 Å². The van der Waals surface area contributed by atoms with Crippen molar-refractivity contribution in [2.24, 2.45) is 0 Å². The number of aromatic amines is 1. The second-order valence-corrected chi connectivity index (χ2v) is 5.56. The molecule has 3 rings (SSSR count). The van der Waals surface area contributed by atoms with Crippen LogP contribution in [-0.2, 0) is 6.42 Å². The van der Waals surface area contributed by atoms with Gasteiger partial charge in [-0.3, -0.25) is 9.78 Å². The van der Waals surface area contributed by atoms with Crippen molar-refractivity contribution in [3.63, 3.8) is 0 Å². The second kappa shape index (κ2) is 6.44. The summed E-state index contributed by atoms with van der Waals surface area (Å²) in [5, 5.41) is 11.3. The van der Waals surface area contributed by atoms with E-state index in [1.165, 1.54) is 0 Å². The van der Waals surface area contributed by atoms with E-state index < -0.39 is 0 Å². The highest BCUT2D eigenvalue weighted by Crippen LogP contribution is 2.18. The van der Waals surface area contributed by atoms with E-state index in [0.29, 0.717) is 18.1 Å². The van der Waals surface area contributed by atoms with E-state index in [4.69, 9.17) is 0 Å². The third-order valence-corrected chi connectivity index (χ3v) is 3.63.